The second-order valence-corrected chi connectivity index (χ2v) is 2.85. The maximum atomic E-state index is 10.7. The number of benzene rings is 1. The van der Waals surface area contributed by atoms with Gasteiger partial charge in [-0.05, 0) is 0 Å². The molecule has 0 aliphatic carbocycles. The molecular formula is C8H8ClNO4. The van der Waals surface area contributed by atoms with Crippen LogP contribution in [0.5, 0.6) is 11.5 Å². The molecule has 5 nitrogen and oxygen atoms in total. The van der Waals surface area contributed by atoms with Crippen LogP contribution in [0.15, 0.2) is 12.1 Å². The Morgan fingerprint density at radius 1 is 1.29 bits per heavy atom. The molecule has 0 bridgehead atoms. The Morgan fingerprint density at radius 2 is 1.71 bits per heavy atom. The molecule has 0 aliphatic rings. The number of nitro benzene ring substituents is 1. The van der Waals surface area contributed by atoms with E-state index in [4.69, 9.17) is 21.1 Å². The number of halogens is 1. The average Bonchev–Trinajstić information content (AvgIpc) is 2.15. The molecule has 0 amide bonds. The first-order chi connectivity index (χ1) is 6.60. The lowest BCUT2D eigenvalue weighted by atomic mass is 10.2. The Morgan fingerprint density at radius 3 is 2.00 bits per heavy atom. The first kappa shape index (κ1) is 10.6. The van der Waals surface area contributed by atoms with Crippen LogP contribution in [0.2, 0.25) is 5.02 Å². The highest BCUT2D eigenvalue weighted by Crippen LogP contribution is 2.39. The topological polar surface area (TPSA) is 61.6 Å². The average molecular weight is 218 g/mol. The second-order valence-electron chi connectivity index (χ2n) is 2.42. The van der Waals surface area contributed by atoms with Crippen molar-refractivity contribution in [3.8, 4) is 11.5 Å². The van der Waals surface area contributed by atoms with Crippen molar-refractivity contribution in [2.75, 3.05) is 14.2 Å². The van der Waals surface area contributed by atoms with Gasteiger partial charge in [0, 0.05) is 17.2 Å². The van der Waals surface area contributed by atoms with Crippen LogP contribution in [0.3, 0.4) is 0 Å². The van der Waals surface area contributed by atoms with E-state index in [2.05, 4.69) is 0 Å². The highest BCUT2D eigenvalue weighted by atomic mass is 35.5. The zero-order chi connectivity index (χ0) is 10.7. The zero-order valence-corrected chi connectivity index (χ0v) is 8.37. The first-order valence-electron chi connectivity index (χ1n) is 3.66. The number of nitrogens with zero attached hydrogens (tertiary/aromatic N) is 1. The SMILES string of the molecule is COc1cc(Cl)cc(OC)c1[N+](=O)[O-]. The van der Waals surface area contributed by atoms with Crippen LogP contribution in [0.4, 0.5) is 5.69 Å². The van der Waals surface area contributed by atoms with Crippen LogP contribution in [0.1, 0.15) is 0 Å². The summed E-state index contributed by atoms with van der Waals surface area (Å²) in [6.07, 6.45) is 0. The molecule has 6 heteroatoms. The molecule has 0 radical (unpaired) electrons. The van der Waals surface area contributed by atoms with Gasteiger partial charge in [-0.3, -0.25) is 10.1 Å². The van der Waals surface area contributed by atoms with Gasteiger partial charge in [0.1, 0.15) is 0 Å². The van der Waals surface area contributed by atoms with Crippen LogP contribution in [-0.2, 0) is 0 Å². The van der Waals surface area contributed by atoms with Crippen molar-refractivity contribution >= 4 is 17.3 Å². The van der Waals surface area contributed by atoms with Crippen molar-refractivity contribution in [1.82, 2.24) is 0 Å². The molecule has 0 spiro atoms. The Bertz CT molecular complexity index is 341. The molecular weight excluding hydrogens is 210 g/mol. The predicted octanol–water partition coefficient (Wildman–Crippen LogP) is 2.27. The Labute approximate surface area is 85.3 Å². The van der Waals surface area contributed by atoms with Crippen molar-refractivity contribution < 1.29 is 14.4 Å². The number of rotatable bonds is 3. The Kier molecular flexibility index (Phi) is 3.14. The number of nitro groups is 1. The quantitative estimate of drug-likeness (QED) is 0.576. The summed E-state index contributed by atoms with van der Waals surface area (Å²) < 4.78 is 9.65. The van der Waals surface area contributed by atoms with Gasteiger partial charge in [0.05, 0.1) is 19.1 Å². The largest absolute Gasteiger partial charge is 0.490 e. The van der Waals surface area contributed by atoms with Gasteiger partial charge in [-0.15, -0.1) is 0 Å². The molecule has 1 aromatic rings. The number of ether oxygens (including phenoxy) is 2. The Balaban J connectivity index is 3.40. The summed E-state index contributed by atoms with van der Waals surface area (Å²) in [5.41, 5.74) is -0.223. The van der Waals surface area contributed by atoms with Crippen molar-refractivity contribution in [3.05, 3.63) is 27.3 Å². The third kappa shape index (κ3) is 1.88. The molecule has 0 N–H and O–H groups in total. The molecule has 14 heavy (non-hydrogen) atoms. The fourth-order valence-electron chi connectivity index (χ4n) is 1.04. The summed E-state index contributed by atoms with van der Waals surface area (Å²) >= 11 is 5.70. The predicted molar refractivity (Wildman–Crippen MR) is 51.2 cm³/mol. The summed E-state index contributed by atoms with van der Waals surface area (Å²) in [7, 11) is 2.66. The molecule has 0 unspecified atom stereocenters. The van der Waals surface area contributed by atoms with Gasteiger partial charge < -0.3 is 9.47 Å². The fourth-order valence-corrected chi connectivity index (χ4v) is 1.24. The molecule has 0 aliphatic heterocycles. The van der Waals surface area contributed by atoms with Gasteiger partial charge in [0.25, 0.3) is 0 Å². The molecule has 1 aromatic carbocycles. The van der Waals surface area contributed by atoms with Crippen LogP contribution >= 0.6 is 11.6 Å². The lowest BCUT2D eigenvalue weighted by molar-refractivity contribution is -0.386. The molecule has 76 valence electrons. The Hall–Kier alpha value is -1.49. The van der Waals surface area contributed by atoms with Gasteiger partial charge in [-0.1, -0.05) is 11.6 Å². The monoisotopic (exact) mass is 217 g/mol. The van der Waals surface area contributed by atoms with Crippen molar-refractivity contribution in [2.45, 2.75) is 0 Å². The molecule has 0 atom stereocenters. The maximum absolute atomic E-state index is 10.7. The van der Waals surface area contributed by atoms with Gasteiger partial charge in [-0.2, -0.15) is 0 Å². The fraction of sp³-hybridized carbons (Fsp3) is 0.250. The maximum Gasteiger partial charge on any atom is 0.352 e. The molecule has 0 aromatic heterocycles. The van der Waals surface area contributed by atoms with E-state index in [1.54, 1.807) is 0 Å². The third-order valence-electron chi connectivity index (χ3n) is 1.63. The van der Waals surface area contributed by atoms with Crippen LogP contribution in [0, 0.1) is 10.1 Å². The van der Waals surface area contributed by atoms with Crippen molar-refractivity contribution in [3.63, 3.8) is 0 Å². The minimum Gasteiger partial charge on any atom is -0.490 e. The molecule has 0 fully saturated rings. The van der Waals surface area contributed by atoms with E-state index >= 15 is 0 Å². The van der Waals surface area contributed by atoms with Crippen LogP contribution in [-0.4, -0.2) is 19.1 Å². The summed E-state index contributed by atoms with van der Waals surface area (Å²) in [5.74, 6) is 0.165. The van der Waals surface area contributed by atoms with Crippen molar-refractivity contribution in [1.29, 1.82) is 0 Å². The molecule has 0 heterocycles. The highest BCUT2D eigenvalue weighted by molar-refractivity contribution is 6.31. The van der Waals surface area contributed by atoms with Crippen LogP contribution in [0.25, 0.3) is 0 Å². The summed E-state index contributed by atoms with van der Waals surface area (Å²) in [6.45, 7) is 0. The standard InChI is InChI=1S/C8H8ClNO4/c1-13-6-3-5(9)4-7(14-2)8(6)10(11)12/h3-4H,1-2H3. The molecule has 1 rings (SSSR count). The van der Waals surface area contributed by atoms with Gasteiger partial charge in [-0.25, -0.2) is 0 Å². The van der Waals surface area contributed by atoms with E-state index in [1.807, 2.05) is 0 Å². The molecule has 0 saturated carbocycles. The number of hydrogen-bond donors (Lipinski definition) is 0. The smallest absolute Gasteiger partial charge is 0.352 e. The number of methoxy groups -OCH3 is 2. The zero-order valence-electron chi connectivity index (χ0n) is 7.61. The van der Waals surface area contributed by atoms with E-state index in [0.717, 1.165) is 0 Å². The van der Waals surface area contributed by atoms with E-state index in [1.165, 1.54) is 26.4 Å². The summed E-state index contributed by atoms with van der Waals surface area (Å²) in [6, 6.07) is 2.73. The van der Waals surface area contributed by atoms with Gasteiger partial charge in [0.2, 0.25) is 11.5 Å². The van der Waals surface area contributed by atoms with Crippen LogP contribution < -0.4 is 9.47 Å². The summed E-state index contributed by atoms with van der Waals surface area (Å²) in [5, 5.41) is 11.0. The third-order valence-corrected chi connectivity index (χ3v) is 1.85. The van der Waals surface area contributed by atoms with E-state index < -0.39 is 4.92 Å². The number of hydrogen-bond acceptors (Lipinski definition) is 4. The lowest BCUT2D eigenvalue weighted by Gasteiger charge is -2.06. The highest BCUT2D eigenvalue weighted by Gasteiger charge is 2.22. The van der Waals surface area contributed by atoms with Crippen molar-refractivity contribution in [2.24, 2.45) is 0 Å². The summed E-state index contributed by atoms with van der Waals surface area (Å²) in [4.78, 5) is 10.1. The van der Waals surface area contributed by atoms with E-state index in [0.29, 0.717) is 5.02 Å². The molecule has 0 saturated heterocycles. The normalized spacial score (nSPS) is 9.64. The van der Waals surface area contributed by atoms with E-state index in [9.17, 15) is 10.1 Å². The minimum absolute atomic E-state index is 0.0827. The second kappa shape index (κ2) is 4.15. The lowest BCUT2D eigenvalue weighted by Crippen LogP contribution is -1.97. The van der Waals surface area contributed by atoms with E-state index in [-0.39, 0.29) is 17.2 Å². The minimum atomic E-state index is -0.575. The first-order valence-corrected chi connectivity index (χ1v) is 4.04. The van der Waals surface area contributed by atoms with Gasteiger partial charge >= 0.3 is 5.69 Å². The van der Waals surface area contributed by atoms with Gasteiger partial charge in [0.15, 0.2) is 0 Å².